The maximum absolute atomic E-state index is 13.4. The number of hydrogen-bond acceptors (Lipinski definition) is 2. The van der Waals surface area contributed by atoms with Crippen LogP contribution in [0.2, 0.25) is 0 Å². The molecule has 4 rings (SSSR count). The van der Waals surface area contributed by atoms with Gasteiger partial charge in [-0.25, -0.2) is 4.39 Å². The molecule has 4 nitrogen and oxygen atoms in total. The fourth-order valence-electron chi connectivity index (χ4n) is 3.57. The lowest BCUT2D eigenvalue weighted by Crippen LogP contribution is -2.14. The highest BCUT2D eigenvalue weighted by Gasteiger charge is 2.27. The van der Waals surface area contributed by atoms with Crippen LogP contribution in [-0.4, -0.2) is 16.5 Å². The van der Waals surface area contributed by atoms with Gasteiger partial charge in [-0.15, -0.1) is 0 Å². The molecule has 5 heteroatoms. The van der Waals surface area contributed by atoms with Crippen LogP contribution in [0.25, 0.3) is 22.2 Å². The first-order valence-electron chi connectivity index (χ1n) is 8.67. The van der Waals surface area contributed by atoms with Crippen LogP contribution in [0.5, 0.6) is 0 Å². The summed E-state index contributed by atoms with van der Waals surface area (Å²) in [4.78, 5) is 14.6. The van der Waals surface area contributed by atoms with E-state index in [1.165, 1.54) is 12.1 Å². The van der Waals surface area contributed by atoms with Gasteiger partial charge in [0, 0.05) is 15.8 Å². The Morgan fingerprint density at radius 1 is 0.926 bits per heavy atom. The summed E-state index contributed by atoms with van der Waals surface area (Å²) in [5, 5.41) is 12.4. The summed E-state index contributed by atoms with van der Waals surface area (Å²) >= 11 is 0. The van der Waals surface area contributed by atoms with Gasteiger partial charge in [-0.2, -0.15) is 0 Å². The van der Waals surface area contributed by atoms with E-state index < -0.39 is 5.92 Å². The number of H-pyrrole nitrogens is 1. The Kier molecular flexibility index (Phi) is 4.42. The number of fused-ring (bicyclic) bond motifs is 1. The Labute approximate surface area is 155 Å². The van der Waals surface area contributed by atoms with Gasteiger partial charge in [0.05, 0.1) is 11.6 Å². The summed E-state index contributed by atoms with van der Waals surface area (Å²) in [6, 6.07) is 23.5. The summed E-state index contributed by atoms with van der Waals surface area (Å²) in [5.41, 5.74) is 4.31. The van der Waals surface area contributed by atoms with E-state index in [-0.39, 0.29) is 17.3 Å². The normalized spacial score (nSPS) is 12.2. The summed E-state index contributed by atoms with van der Waals surface area (Å²) in [6.07, 6.45) is 0. The third-order valence-electron chi connectivity index (χ3n) is 4.76. The van der Waals surface area contributed by atoms with Crippen LogP contribution in [0.15, 0.2) is 78.9 Å². The highest BCUT2D eigenvalue weighted by Crippen LogP contribution is 2.38. The van der Waals surface area contributed by atoms with Gasteiger partial charge in [0.2, 0.25) is 6.54 Å². The summed E-state index contributed by atoms with van der Waals surface area (Å²) < 4.78 is 13.4. The maximum atomic E-state index is 13.4. The van der Waals surface area contributed by atoms with Crippen LogP contribution < -0.4 is 0 Å². The molecule has 0 saturated carbocycles. The van der Waals surface area contributed by atoms with Crippen molar-refractivity contribution in [3.05, 3.63) is 106 Å². The standard InChI is InChI=1S/C22H17FN2O2/c23-17-12-10-15(11-13-17)19(14-25(26)27)21-18-8-4-5-9-20(18)24-22(21)16-6-2-1-3-7-16/h1-13,19,24H,14H2. The van der Waals surface area contributed by atoms with Crippen LogP contribution in [0.4, 0.5) is 4.39 Å². The van der Waals surface area contributed by atoms with E-state index in [0.29, 0.717) is 0 Å². The third-order valence-corrected chi connectivity index (χ3v) is 4.76. The largest absolute Gasteiger partial charge is 0.354 e. The fourth-order valence-corrected chi connectivity index (χ4v) is 3.57. The molecule has 1 atom stereocenters. The van der Waals surface area contributed by atoms with E-state index in [9.17, 15) is 14.5 Å². The molecule has 27 heavy (non-hydrogen) atoms. The van der Waals surface area contributed by atoms with Crippen LogP contribution in [0.3, 0.4) is 0 Å². The molecule has 1 unspecified atom stereocenters. The van der Waals surface area contributed by atoms with E-state index in [4.69, 9.17) is 0 Å². The average Bonchev–Trinajstić information content (AvgIpc) is 3.07. The molecule has 0 aliphatic heterocycles. The molecule has 0 aliphatic carbocycles. The molecule has 3 aromatic carbocycles. The topological polar surface area (TPSA) is 58.9 Å². The molecule has 134 valence electrons. The first-order valence-corrected chi connectivity index (χ1v) is 8.67. The molecule has 0 amide bonds. The Bertz CT molecular complexity index is 1090. The Morgan fingerprint density at radius 3 is 2.30 bits per heavy atom. The second-order valence-corrected chi connectivity index (χ2v) is 6.44. The van der Waals surface area contributed by atoms with E-state index in [1.54, 1.807) is 12.1 Å². The lowest BCUT2D eigenvalue weighted by atomic mass is 9.87. The lowest BCUT2D eigenvalue weighted by molar-refractivity contribution is -0.481. The zero-order chi connectivity index (χ0) is 18.8. The molecular formula is C22H17FN2O2. The number of benzene rings is 3. The zero-order valence-corrected chi connectivity index (χ0v) is 14.4. The van der Waals surface area contributed by atoms with Crippen LogP contribution in [0.1, 0.15) is 17.0 Å². The van der Waals surface area contributed by atoms with E-state index in [2.05, 4.69) is 4.98 Å². The van der Waals surface area contributed by atoms with Gasteiger partial charge < -0.3 is 4.98 Å². The quantitative estimate of drug-likeness (QED) is 0.383. The lowest BCUT2D eigenvalue weighted by Gasteiger charge is -2.16. The number of para-hydroxylation sites is 1. The molecule has 1 heterocycles. The second kappa shape index (κ2) is 7.03. The van der Waals surface area contributed by atoms with E-state index in [0.717, 1.165) is 33.3 Å². The summed E-state index contributed by atoms with van der Waals surface area (Å²) in [6.45, 7) is -0.271. The van der Waals surface area contributed by atoms with Crippen molar-refractivity contribution in [3.63, 3.8) is 0 Å². The number of aromatic amines is 1. The highest BCUT2D eigenvalue weighted by molar-refractivity contribution is 5.92. The van der Waals surface area contributed by atoms with Crippen LogP contribution >= 0.6 is 0 Å². The number of nitrogens with zero attached hydrogens (tertiary/aromatic N) is 1. The smallest absolute Gasteiger partial charge is 0.214 e. The van der Waals surface area contributed by atoms with Gasteiger partial charge in [-0.3, -0.25) is 10.1 Å². The van der Waals surface area contributed by atoms with E-state index >= 15 is 0 Å². The van der Waals surface area contributed by atoms with Crippen molar-refractivity contribution in [3.8, 4) is 11.3 Å². The molecule has 0 fully saturated rings. The van der Waals surface area contributed by atoms with Crippen molar-refractivity contribution in [1.29, 1.82) is 0 Å². The summed E-state index contributed by atoms with van der Waals surface area (Å²) in [5.74, 6) is -0.854. The fraction of sp³-hybridized carbons (Fsp3) is 0.0909. The predicted octanol–water partition coefficient (Wildman–Crippen LogP) is 5.38. The van der Waals surface area contributed by atoms with Crippen molar-refractivity contribution in [2.24, 2.45) is 0 Å². The van der Waals surface area contributed by atoms with Crippen LogP contribution in [0, 0.1) is 15.9 Å². The minimum atomic E-state index is -0.494. The third kappa shape index (κ3) is 3.31. The SMILES string of the molecule is O=[N+]([O-])CC(c1ccc(F)cc1)c1c(-c2ccccc2)[nH]c2ccccc12. The molecule has 0 saturated heterocycles. The minimum absolute atomic E-state index is 0.271. The number of rotatable bonds is 5. The number of nitro groups is 1. The molecule has 0 radical (unpaired) electrons. The molecular weight excluding hydrogens is 343 g/mol. The molecule has 0 spiro atoms. The number of halogens is 1. The number of hydrogen-bond donors (Lipinski definition) is 1. The maximum Gasteiger partial charge on any atom is 0.214 e. The Balaban J connectivity index is 1.98. The van der Waals surface area contributed by atoms with Gasteiger partial charge in [-0.1, -0.05) is 60.7 Å². The van der Waals surface area contributed by atoms with Crippen molar-refractivity contribution in [2.75, 3.05) is 6.54 Å². The molecule has 0 bridgehead atoms. The van der Waals surface area contributed by atoms with Gasteiger partial charge in [0.1, 0.15) is 5.82 Å². The molecule has 0 aliphatic rings. The van der Waals surface area contributed by atoms with Crippen molar-refractivity contribution < 1.29 is 9.31 Å². The second-order valence-electron chi connectivity index (χ2n) is 6.44. The first kappa shape index (κ1) is 17.0. The van der Waals surface area contributed by atoms with Gasteiger partial charge in [0.15, 0.2) is 0 Å². The van der Waals surface area contributed by atoms with Crippen molar-refractivity contribution in [2.45, 2.75) is 5.92 Å². The van der Waals surface area contributed by atoms with Gasteiger partial charge in [0.25, 0.3) is 0 Å². The Hall–Kier alpha value is -3.47. The predicted molar refractivity (Wildman–Crippen MR) is 104 cm³/mol. The first-order chi connectivity index (χ1) is 13.1. The monoisotopic (exact) mass is 360 g/mol. The highest BCUT2D eigenvalue weighted by atomic mass is 19.1. The zero-order valence-electron chi connectivity index (χ0n) is 14.4. The van der Waals surface area contributed by atoms with Crippen molar-refractivity contribution >= 4 is 10.9 Å². The molecule has 4 aromatic rings. The minimum Gasteiger partial charge on any atom is -0.354 e. The van der Waals surface area contributed by atoms with Gasteiger partial charge >= 0.3 is 0 Å². The number of nitrogens with one attached hydrogen (secondary N) is 1. The average molecular weight is 360 g/mol. The van der Waals surface area contributed by atoms with Gasteiger partial charge in [-0.05, 0) is 34.9 Å². The Morgan fingerprint density at radius 2 is 1.59 bits per heavy atom. The number of aromatic nitrogens is 1. The van der Waals surface area contributed by atoms with Crippen LogP contribution in [-0.2, 0) is 0 Å². The molecule has 1 aromatic heterocycles. The van der Waals surface area contributed by atoms with E-state index in [1.807, 2.05) is 54.6 Å². The van der Waals surface area contributed by atoms with Crippen molar-refractivity contribution in [1.82, 2.24) is 4.98 Å². The summed E-state index contributed by atoms with van der Waals surface area (Å²) in [7, 11) is 0. The molecule has 1 N–H and O–H groups in total.